The summed E-state index contributed by atoms with van der Waals surface area (Å²) in [5, 5.41) is 2.90. The Kier molecular flexibility index (Phi) is 5.01. The number of rotatable bonds is 5. The average molecular weight is 287 g/mol. The van der Waals surface area contributed by atoms with Crippen LogP contribution in [0, 0.1) is 6.92 Å². The fourth-order valence-electron chi connectivity index (χ4n) is 1.74. The third-order valence-electron chi connectivity index (χ3n) is 2.77. The van der Waals surface area contributed by atoms with Crippen LogP contribution in [-0.4, -0.2) is 16.6 Å². The summed E-state index contributed by atoms with van der Waals surface area (Å²) < 4.78 is 0. The van der Waals surface area contributed by atoms with Crippen molar-refractivity contribution in [3.05, 3.63) is 48.3 Å². The molecule has 0 spiro atoms. The Morgan fingerprint density at radius 1 is 1.30 bits per heavy atom. The first-order valence-electron chi connectivity index (χ1n) is 6.34. The Morgan fingerprint density at radius 3 is 2.75 bits per heavy atom. The maximum absolute atomic E-state index is 11.9. The van der Waals surface area contributed by atoms with Crippen LogP contribution >= 0.6 is 11.8 Å². The lowest BCUT2D eigenvalue weighted by Crippen LogP contribution is -2.13. The molecule has 1 heterocycles. The lowest BCUT2D eigenvalue weighted by atomic mass is 10.2. The molecule has 1 aromatic heterocycles. The van der Waals surface area contributed by atoms with E-state index >= 15 is 0 Å². The van der Waals surface area contributed by atoms with Gasteiger partial charge in [0.15, 0.2) is 0 Å². The number of pyridine rings is 1. The minimum absolute atomic E-state index is 0.0134. The Labute approximate surface area is 122 Å². The van der Waals surface area contributed by atoms with Gasteiger partial charge in [-0.15, -0.1) is 11.8 Å². The lowest BCUT2D eigenvalue weighted by molar-refractivity contribution is -0.115. The van der Waals surface area contributed by atoms with E-state index in [4.69, 9.17) is 5.73 Å². The number of hydrogen-bond acceptors (Lipinski definition) is 4. The van der Waals surface area contributed by atoms with Crippen molar-refractivity contribution in [1.82, 2.24) is 4.98 Å². The monoisotopic (exact) mass is 287 g/mol. The number of nitrogen functional groups attached to an aromatic ring is 1. The van der Waals surface area contributed by atoms with Crippen LogP contribution in [-0.2, 0) is 4.79 Å². The summed E-state index contributed by atoms with van der Waals surface area (Å²) in [6.07, 6.45) is 3.97. The molecule has 0 atom stereocenters. The molecule has 2 aromatic rings. The van der Waals surface area contributed by atoms with Crippen molar-refractivity contribution in [2.45, 2.75) is 18.2 Å². The standard InChI is InChI=1S/C15H17N3OS/c1-11-10-12(16)2-3-14(11)18-15(19)6-9-20-13-4-7-17-8-5-13/h2-5,7-8,10H,6,9,16H2,1H3,(H,18,19). The molecule has 0 bridgehead atoms. The third kappa shape index (κ3) is 4.28. The van der Waals surface area contributed by atoms with Crippen LogP contribution in [0.5, 0.6) is 0 Å². The van der Waals surface area contributed by atoms with Crippen LogP contribution < -0.4 is 11.1 Å². The quantitative estimate of drug-likeness (QED) is 0.655. The van der Waals surface area contributed by atoms with Gasteiger partial charge >= 0.3 is 0 Å². The second-order valence-electron chi connectivity index (χ2n) is 4.40. The van der Waals surface area contributed by atoms with Gasteiger partial charge in [-0.1, -0.05) is 0 Å². The lowest BCUT2D eigenvalue weighted by Gasteiger charge is -2.09. The molecule has 4 nitrogen and oxygen atoms in total. The van der Waals surface area contributed by atoms with Gasteiger partial charge in [0.2, 0.25) is 5.91 Å². The van der Waals surface area contributed by atoms with Crippen molar-refractivity contribution in [2.75, 3.05) is 16.8 Å². The highest BCUT2D eigenvalue weighted by Gasteiger charge is 2.05. The van der Waals surface area contributed by atoms with Gasteiger partial charge in [0, 0.05) is 40.8 Å². The fraction of sp³-hybridized carbons (Fsp3) is 0.200. The van der Waals surface area contributed by atoms with Crippen molar-refractivity contribution < 1.29 is 4.79 Å². The molecule has 104 valence electrons. The molecule has 5 heteroatoms. The molecule has 0 saturated carbocycles. The largest absolute Gasteiger partial charge is 0.399 e. The molecular weight excluding hydrogens is 270 g/mol. The first-order valence-corrected chi connectivity index (χ1v) is 7.32. The van der Waals surface area contributed by atoms with Gasteiger partial charge in [-0.3, -0.25) is 9.78 Å². The smallest absolute Gasteiger partial charge is 0.225 e. The molecule has 0 unspecified atom stereocenters. The molecule has 1 aromatic carbocycles. The van der Waals surface area contributed by atoms with E-state index in [0.717, 1.165) is 21.9 Å². The summed E-state index contributed by atoms with van der Waals surface area (Å²) in [5.41, 5.74) is 8.17. The highest BCUT2D eigenvalue weighted by atomic mass is 32.2. The number of benzene rings is 1. The van der Waals surface area contributed by atoms with E-state index in [-0.39, 0.29) is 5.91 Å². The molecule has 3 N–H and O–H groups in total. The Morgan fingerprint density at radius 2 is 2.05 bits per heavy atom. The molecule has 0 aliphatic carbocycles. The number of nitrogens with one attached hydrogen (secondary N) is 1. The first kappa shape index (κ1) is 14.4. The summed E-state index contributed by atoms with van der Waals surface area (Å²) in [7, 11) is 0. The summed E-state index contributed by atoms with van der Waals surface area (Å²) >= 11 is 1.65. The minimum atomic E-state index is 0.0134. The molecule has 1 amide bonds. The predicted molar refractivity (Wildman–Crippen MR) is 83.8 cm³/mol. The fourth-order valence-corrected chi connectivity index (χ4v) is 2.57. The number of carbonyl (C=O) groups excluding carboxylic acids is 1. The van der Waals surface area contributed by atoms with E-state index in [9.17, 15) is 4.79 Å². The van der Waals surface area contributed by atoms with Crippen molar-refractivity contribution in [2.24, 2.45) is 0 Å². The number of anilines is 2. The van der Waals surface area contributed by atoms with Crippen molar-refractivity contribution >= 4 is 29.0 Å². The maximum atomic E-state index is 11.9. The summed E-state index contributed by atoms with van der Waals surface area (Å²) in [6.45, 7) is 1.93. The van der Waals surface area contributed by atoms with E-state index < -0.39 is 0 Å². The molecule has 2 rings (SSSR count). The highest BCUT2D eigenvalue weighted by Crippen LogP contribution is 2.19. The SMILES string of the molecule is Cc1cc(N)ccc1NC(=O)CCSc1ccncc1. The van der Waals surface area contributed by atoms with Crippen LogP contribution in [0.15, 0.2) is 47.6 Å². The summed E-state index contributed by atoms with van der Waals surface area (Å²) in [6, 6.07) is 9.34. The molecule has 20 heavy (non-hydrogen) atoms. The van der Waals surface area contributed by atoms with Gasteiger partial charge in [-0.05, 0) is 42.8 Å². The molecule has 0 radical (unpaired) electrons. The predicted octanol–water partition coefficient (Wildman–Crippen LogP) is 3.09. The van der Waals surface area contributed by atoms with Crippen LogP contribution in [0.3, 0.4) is 0 Å². The molecule has 0 fully saturated rings. The normalized spacial score (nSPS) is 10.2. The van der Waals surface area contributed by atoms with E-state index in [1.807, 2.05) is 31.2 Å². The number of aromatic nitrogens is 1. The number of hydrogen-bond donors (Lipinski definition) is 2. The van der Waals surface area contributed by atoms with Gasteiger partial charge in [0.05, 0.1) is 0 Å². The Bertz CT molecular complexity index is 587. The van der Waals surface area contributed by atoms with Crippen LogP contribution in [0.4, 0.5) is 11.4 Å². The molecule has 0 aliphatic heterocycles. The van der Waals surface area contributed by atoms with Gasteiger partial charge < -0.3 is 11.1 Å². The summed E-state index contributed by atoms with van der Waals surface area (Å²) in [5.74, 6) is 0.753. The second kappa shape index (κ2) is 6.96. The van der Waals surface area contributed by atoms with E-state index in [0.29, 0.717) is 12.1 Å². The van der Waals surface area contributed by atoms with Crippen LogP contribution in [0.2, 0.25) is 0 Å². The van der Waals surface area contributed by atoms with E-state index in [1.165, 1.54) is 0 Å². The van der Waals surface area contributed by atoms with Crippen molar-refractivity contribution in [1.29, 1.82) is 0 Å². The topological polar surface area (TPSA) is 68.0 Å². The second-order valence-corrected chi connectivity index (χ2v) is 5.57. The number of nitrogens with zero attached hydrogens (tertiary/aromatic N) is 1. The Balaban J connectivity index is 1.81. The summed E-state index contributed by atoms with van der Waals surface area (Å²) in [4.78, 5) is 17.0. The van der Waals surface area contributed by atoms with Crippen LogP contribution in [0.25, 0.3) is 0 Å². The third-order valence-corrected chi connectivity index (χ3v) is 3.79. The van der Waals surface area contributed by atoms with Gasteiger partial charge in [0.25, 0.3) is 0 Å². The maximum Gasteiger partial charge on any atom is 0.225 e. The minimum Gasteiger partial charge on any atom is -0.399 e. The zero-order chi connectivity index (χ0) is 14.4. The first-order chi connectivity index (χ1) is 9.65. The number of nitrogens with two attached hydrogens (primary N) is 1. The zero-order valence-electron chi connectivity index (χ0n) is 11.3. The number of carbonyl (C=O) groups is 1. The highest BCUT2D eigenvalue weighted by molar-refractivity contribution is 7.99. The molecule has 0 aliphatic rings. The van der Waals surface area contributed by atoms with Crippen molar-refractivity contribution in [3.8, 4) is 0 Å². The Hall–Kier alpha value is -2.01. The number of amides is 1. The zero-order valence-corrected chi connectivity index (χ0v) is 12.1. The van der Waals surface area contributed by atoms with Gasteiger partial charge in [-0.25, -0.2) is 0 Å². The molecular formula is C15H17N3OS. The number of thioether (sulfide) groups is 1. The van der Waals surface area contributed by atoms with E-state index in [1.54, 1.807) is 30.2 Å². The van der Waals surface area contributed by atoms with Gasteiger partial charge in [-0.2, -0.15) is 0 Å². The van der Waals surface area contributed by atoms with Crippen LogP contribution in [0.1, 0.15) is 12.0 Å². The average Bonchev–Trinajstić information content (AvgIpc) is 2.43. The van der Waals surface area contributed by atoms with E-state index in [2.05, 4.69) is 10.3 Å². The number of aryl methyl sites for hydroxylation is 1. The van der Waals surface area contributed by atoms with Gasteiger partial charge in [0.1, 0.15) is 0 Å². The molecule has 0 saturated heterocycles. The van der Waals surface area contributed by atoms with Crippen molar-refractivity contribution in [3.63, 3.8) is 0 Å².